The zero-order valence-corrected chi connectivity index (χ0v) is 15.2. The quantitative estimate of drug-likeness (QED) is 0.615. The van der Waals surface area contributed by atoms with Crippen molar-refractivity contribution in [2.24, 2.45) is 10.3 Å². The highest BCUT2D eigenvalue weighted by atomic mass is 35.5. The molecule has 0 atom stereocenters. The van der Waals surface area contributed by atoms with E-state index < -0.39 is 20.0 Å². The molecule has 0 saturated heterocycles. The number of nitrogens with two attached hydrogens (primary N) is 3. The van der Waals surface area contributed by atoms with Gasteiger partial charge in [0.25, 0.3) is 20.0 Å². The van der Waals surface area contributed by atoms with Crippen molar-refractivity contribution in [3.8, 4) is 0 Å². The molecule has 2 aromatic rings. The third-order valence-electron chi connectivity index (χ3n) is 2.46. The van der Waals surface area contributed by atoms with E-state index in [0.29, 0.717) is 11.1 Å². The van der Waals surface area contributed by atoms with Gasteiger partial charge in [-0.25, -0.2) is 37.1 Å². The van der Waals surface area contributed by atoms with E-state index in [2.05, 4.69) is 9.97 Å². The van der Waals surface area contributed by atoms with Gasteiger partial charge in [0.05, 0.1) is 0 Å². The monoisotopic (exact) mass is 393 g/mol. The fourth-order valence-corrected chi connectivity index (χ4v) is 3.02. The summed E-state index contributed by atoms with van der Waals surface area (Å²) in [4.78, 5) is 7.13. The smallest absolute Gasteiger partial charge is 0.255 e. The summed E-state index contributed by atoms with van der Waals surface area (Å²) in [6.07, 6.45) is 0. The first kappa shape index (κ1) is 20.3. The minimum absolute atomic E-state index is 0.124. The molecule has 0 fully saturated rings. The molecule has 0 amide bonds. The van der Waals surface area contributed by atoms with Crippen molar-refractivity contribution in [3.05, 3.63) is 40.5 Å². The molecule has 0 unspecified atom stereocenters. The molecule has 0 aromatic carbocycles. The summed E-state index contributed by atoms with van der Waals surface area (Å²) >= 11 is 5.53. The Morgan fingerprint density at radius 3 is 1.62 bits per heavy atom. The van der Waals surface area contributed by atoms with Gasteiger partial charge in [-0.2, -0.15) is 0 Å². The van der Waals surface area contributed by atoms with Crippen LogP contribution in [-0.4, -0.2) is 26.8 Å². The normalized spacial score (nSPS) is 11.5. The van der Waals surface area contributed by atoms with Crippen LogP contribution in [0.1, 0.15) is 11.1 Å². The number of pyridine rings is 2. The fraction of sp³-hybridized carbons (Fsp3) is 0.167. The van der Waals surface area contributed by atoms with Gasteiger partial charge in [0.1, 0.15) is 11.0 Å². The van der Waals surface area contributed by atoms with Crippen molar-refractivity contribution in [3.63, 3.8) is 0 Å². The van der Waals surface area contributed by atoms with Gasteiger partial charge in [-0.1, -0.05) is 11.6 Å². The number of hydrogen-bond donors (Lipinski definition) is 3. The molecule has 2 aromatic heterocycles. The Balaban J connectivity index is 0.000000240. The van der Waals surface area contributed by atoms with Crippen molar-refractivity contribution in [2.75, 3.05) is 5.73 Å². The Labute approximate surface area is 145 Å². The lowest BCUT2D eigenvalue weighted by Crippen LogP contribution is -2.14. The Hall–Kier alpha value is -1.79. The van der Waals surface area contributed by atoms with Gasteiger partial charge < -0.3 is 5.73 Å². The Bertz CT molecular complexity index is 841. The largest absolute Gasteiger partial charge is 0.384 e. The summed E-state index contributed by atoms with van der Waals surface area (Å²) in [6.45, 7) is 3.43. The molecule has 0 radical (unpaired) electrons. The van der Waals surface area contributed by atoms with E-state index in [-0.39, 0.29) is 21.0 Å². The number of nitrogens with zero attached hydrogens (tertiary/aromatic N) is 2. The second kappa shape index (κ2) is 7.40. The van der Waals surface area contributed by atoms with Crippen molar-refractivity contribution < 1.29 is 16.8 Å². The molecule has 0 saturated carbocycles. The zero-order valence-electron chi connectivity index (χ0n) is 12.8. The van der Waals surface area contributed by atoms with Gasteiger partial charge in [0, 0.05) is 0 Å². The molecule has 12 heteroatoms. The number of aromatic nitrogens is 2. The Morgan fingerprint density at radius 2 is 1.25 bits per heavy atom. The number of anilines is 1. The number of primary sulfonamides is 2. The predicted molar refractivity (Wildman–Crippen MR) is 90.1 cm³/mol. The number of hydrogen-bond acceptors (Lipinski definition) is 7. The average molecular weight is 394 g/mol. The highest BCUT2D eigenvalue weighted by molar-refractivity contribution is 7.89. The Kier molecular flexibility index (Phi) is 6.25. The van der Waals surface area contributed by atoms with E-state index in [9.17, 15) is 16.8 Å². The zero-order chi connectivity index (χ0) is 18.7. The molecule has 0 aliphatic carbocycles. The van der Waals surface area contributed by atoms with Crippen LogP contribution in [0.5, 0.6) is 0 Å². The molecule has 0 aliphatic heterocycles. The second-order valence-electron chi connectivity index (χ2n) is 4.80. The maximum Gasteiger partial charge on any atom is 0.255 e. The number of halogens is 1. The van der Waals surface area contributed by atoms with E-state index >= 15 is 0 Å². The summed E-state index contributed by atoms with van der Waals surface area (Å²) in [5.74, 6) is 0.152. The van der Waals surface area contributed by atoms with Crippen molar-refractivity contribution in [1.82, 2.24) is 9.97 Å². The summed E-state index contributed by atoms with van der Waals surface area (Å²) in [5.41, 5.74) is 6.75. The fourth-order valence-electron chi connectivity index (χ4n) is 1.55. The van der Waals surface area contributed by atoms with Crippen molar-refractivity contribution in [2.45, 2.75) is 23.9 Å². The maximum atomic E-state index is 10.8. The molecular formula is C12H16ClN5O4S2. The molecule has 0 spiro atoms. The van der Waals surface area contributed by atoms with Gasteiger partial charge in [-0.15, -0.1) is 0 Å². The van der Waals surface area contributed by atoms with Crippen LogP contribution in [0.3, 0.4) is 0 Å². The van der Waals surface area contributed by atoms with E-state index in [1.54, 1.807) is 26.0 Å². The van der Waals surface area contributed by atoms with Crippen LogP contribution in [0.25, 0.3) is 0 Å². The molecule has 132 valence electrons. The van der Waals surface area contributed by atoms with Gasteiger partial charge in [0.15, 0.2) is 10.1 Å². The summed E-state index contributed by atoms with van der Waals surface area (Å²) in [6, 6.07) is 5.85. The SMILES string of the molecule is Cc1cc(Cl)nc(S(N)(=O)=O)c1.Cc1cc(N)nc(S(N)(=O)=O)c1. The number of rotatable bonds is 2. The first-order valence-electron chi connectivity index (χ1n) is 6.23. The Morgan fingerprint density at radius 1 is 0.833 bits per heavy atom. The standard InChI is InChI=1S/C6H7ClN2O2S.C6H9N3O2S/c2*1-4-2-5(7)9-6(3-4)12(8,10)11/h2-3H,1H3,(H2,8,10,11);2-3H,1H3,(H2,7,9)(H2,8,10,11). The lowest BCUT2D eigenvalue weighted by Gasteiger charge is -2.00. The van der Waals surface area contributed by atoms with E-state index in [4.69, 9.17) is 27.6 Å². The highest BCUT2D eigenvalue weighted by Gasteiger charge is 2.10. The topological polar surface area (TPSA) is 172 Å². The minimum Gasteiger partial charge on any atom is -0.384 e. The van der Waals surface area contributed by atoms with Gasteiger partial charge in [0.2, 0.25) is 0 Å². The van der Waals surface area contributed by atoms with Crippen molar-refractivity contribution in [1.29, 1.82) is 0 Å². The molecule has 0 bridgehead atoms. The first-order chi connectivity index (χ1) is 10.8. The number of aryl methyl sites for hydroxylation is 2. The molecule has 2 rings (SSSR count). The molecular weight excluding hydrogens is 378 g/mol. The van der Waals surface area contributed by atoms with Crippen LogP contribution < -0.4 is 16.0 Å². The van der Waals surface area contributed by atoms with E-state index in [1.165, 1.54) is 12.1 Å². The van der Waals surface area contributed by atoms with Crippen LogP contribution in [0.15, 0.2) is 34.3 Å². The molecule has 0 aliphatic rings. The lowest BCUT2D eigenvalue weighted by atomic mass is 10.3. The van der Waals surface area contributed by atoms with Crippen LogP contribution >= 0.6 is 11.6 Å². The lowest BCUT2D eigenvalue weighted by molar-refractivity contribution is 0.592. The highest BCUT2D eigenvalue weighted by Crippen LogP contribution is 2.12. The third kappa shape index (κ3) is 6.37. The molecule has 6 N–H and O–H groups in total. The van der Waals surface area contributed by atoms with Crippen LogP contribution in [0.2, 0.25) is 5.15 Å². The average Bonchev–Trinajstić information content (AvgIpc) is 2.35. The third-order valence-corrected chi connectivity index (χ3v) is 4.24. The summed E-state index contributed by atoms with van der Waals surface area (Å²) in [5, 5.41) is 9.42. The van der Waals surface area contributed by atoms with E-state index in [1.807, 2.05) is 0 Å². The molecule has 9 nitrogen and oxygen atoms in total. The number of sulfonamides is 2. The van der Waals surface area contributed by atoms with E-state index in [0.717, 1.165) is 0 Å². The van der Waals surface area contributed by atoms with Crippen LogP contribution in [0.4, 0.5) is 5.82 Å². The summed E-state index contributed by atoms with van der Waals surface area (Å²) < 4.78 is 43.2. The minimum atomic E-state index is -3.74. The molecule has 24 heavy (non-hydrogen) atoms. The van der Waals surface area contributed by atoms with Gasteiger partial charge >= 0.3 is 0 Å². The van der Waals surface area contributed by atoms with Gasteiger partial charge in [-0.3, -0.25) is 0 Å². The predicted octanol–water partition coefficient (Wildman–Crippen LogP) is 0.310. The number of nitrogen functional groups attached to an aromatic ring is 1. The van der Waals surface area contributed by atoms with Crippen molar-refractivity contribution >= 4 is 37.5 Å². The molecule has 2 heterocycles. The summed E-state index contributed by atoms with van der Waals surface area (Å²) in [7, 11) is -7.48. The van der Waals surface area contributed by atoms with Crippen LogP contribution in [0, 0.1) is 13.8 Å². The maximum absolute atomic E-state index is 10.8. The van der Waals surface area contributed by atoms with Crippen LogP contribution in [-0.2, 0) is 20.0 Å². The van der Waals surface area contributed by atoms with Gasteiger partial charge in [-0.05, 0) is 49.2 Å². The first-order valence-corrected chi connectivity index (χ1v) is 9.70. The second-order valence-corrected chi connectivity index (χ2v) is 8.21.